The van der Waals surface area contributed by atoms with Crippen LogP contribution in [0.5, 0.6) is 17.5 Å². The fourth-order valence-electron chi connectivity index (χ4n) is 2.21. The highest BCUT2D eigenvalue weighted by Gasteiger charge is 2.15. The van der Waals surface area contributed by atoms with Gasteiger partial charge in [0.15, 0.2) is 11.5 Å². The van der Waals surface area contributed by atoms with Crippen LogP contribution in [0.4, 0.5) is 16.2 Å². The number of rotatable bonds is 3. The first-order valence-electron chi connectivity index (χ1n) is 6.93. The molecule has 23 heavy (non-hydrogen) atoms. The number of fused-ring (bicyclic) bond motifs is 1. The van der Waals surface area contributed by atoms with Crippen molar-refractivity contribution in [3.63, 3.8) is 0 Å². The van der Waals surface area contributed by atoms with Crippen molar-refractivity contribution in [3.8, 4) is 17.5 Å². The molecule has 8 heteroatoms. The van der Waals surface area contributed by atoms with E-state index < -0.39 is 6.03 Å². The molecule has 2 heterocycles. The lowest BCUT2D eigenvalue weighted by atomic mass is 10.2. The molecule has 0 radical (unpaired) electrons. The SMILES string of the molecule is COc1nc(C)c(NC(=O)Nc2ccc3c(c2)OCO3)c(C)n1. The van der Waals surface area contributed by atoms with E-state index in [0.29, 0.717) is 34.3 Å². The molecule has 1 aliphatic rings. The molecule has 0 fully saturated rings. The Balaban J connectivity index is 1.72. The zero-order valence-electron chi connectivity index (χ0n) is 13.0. The van der Waals surface area contributed by atoms with Crippen LogP contribution in [0, 0.1) is 13.8 Å². The zero-order chi connectivity index (χ0) is 16.4. The minimum Gasteiger partial charge on any atom is -0.467 e. The Bertz CT molecular complexity index is 740. The van der Waals surface area contributed by atoms with Gasteiger partial charge in [-0.15, -0.1) is 0 Å². The minimum absolute atomic E-state index is 0.187. The van der Waals surface area contributed by atoms with E-state index >= 15 is 0 Å². The van der Waals surface area contributed by atoms with Crippen LogP contribution < -0.4 is 24.8 Å². The van der Waals surface area contributed by atoms with E-state index in [1.807, 2.05) is 0 Å². The van der Waals surface area contributed by atoms with Crippen molar-refractivity contribution in [3.05, 3.63) is 29.6 Å². The third-order valence-electron chi connectivity index (χ3n) is 3.30. The number of nitrogens with zero attached hydrogens (tertiary/aromatic N) is 2. The number of hydrogen-bond donors (Lipinski definition) is 2. The van der Waals surface area contributed by atoms with Gasteiger partial charge in [-0.25, -0.2) is 4.79 Å². The maximum Gasteiger partial charge on any atom is 0.323 e. The molecule has 0 saturated carbocycles. The Labute approximate surface area is 132 Å². The number of carbonyl (C=O) groups is 1. The molecule has 120 valence electrons. The second-order valence-corrected chi connectivity index (χ2v) is 4.90. The van der Waals surface area contributed by atoms with Gasteiger partial charge < -0.3 is 24.8 Å². The highest BCUT2D eigenvalue weighted by Crippen LogP contribution is 2.34. The van der Waals surface area contributed by atoms with Crippen molar-refractivity contribution in [2.45, 2.75) is 13.8 Å². The largest absolute Gasteiger partial charge is 0.467 e. The number of anilines is 2. The lowest BCUT2D eigenvalue weighted by molar-refractivity contribution is 0.174. The standard InChI is InChI=1S/C15H16N4O4/c1-8-13(9(2)17-15(16-8)21-3)19-14(20)18-10-4-5-11-12(6-10)23-7-22-11/h4-6H,7H2,1-3H3,(H2,18,19,20). The number of amides is 2. The summed E-state index contributed by atoms with van der Waals surface area (Å²) < 4.78 is 15.5. The van der Waals surface area contributed by atoms with E-state index in [0.717, 1.165) is 0 Å². The molecular formula is C15H16N4O4. The van der Waals surface area contributed by atoms with Gasteiger partial charge in [-0.05, 0) is 26.0 Å². The number of aryl methyl sites for hydroxylation is 2. The van der Waals surface area contributed by atoms with Gasteiger partial charge in [-0.1, -0.05) is 0 Å². The van der Waals surface area contributed by atoms with Gasteiger partial charge in [-0.2, -0.15) is 9.97 Å². The van der Waals surface area contributed by atoms with Crippen molar-refractivity contribution in [2.75, 3.05) is 24.5 Å². The molecule has 0 aliphatic carbocycles. The minimum atomic E-state index is -0.399. The number of methoxy groups -OCH3 is 1. The predicted octanol–water partition coefficient (Wildman–Crippen LogP) is 2.47. The van der Waals surface area contributed by atoms with E-state index in [4.69, 9.17) is 14.2 Å². The monoisotopic (exact) mass is 316 g/mol. The number of nitrogens with one attached hydrogen (secondary N) is 2. The Hall–Kier alpha value is -3.03. The van der Waals surface area contributed by atoms with Gasteiger partial charge in [0, 0.05) is 11.8 Å². The van der Waals surface area contributed by atoms with Crippen LogP contribution in [-0.4, -0.2) is 29.9 Å². The summed E-state index contributed by atoms with van der Waals surface area (Å²) in [6.07, 6.45) is 0. The number of ether oxygens (including phenoxy) is 3. The number of benzene rings is 1. The van der Waals surface area contributed by atoms with Crippen LogP contribution in [0.15, 0.2) is 18.2 Å². The van der Waals surface area contributed by atoms with E-state index in [1.165, 1.54) is 7.11 Å². The van der Waals surface area contributed by atoms with E-state index in [2.05, 4.69) is 20.6 Å². The molecule has 2 N–H and O–H groups in total. The normalized spacial score (nSPS) is 12.0. The summed E-state index contributed by atoms with van der Waals surface area (Å²) in [6.45, 7) is 3.73. The summed E-state index contributed by atoms with van der Waals surface area (Å²) in [7, 11) is 1.49. The molecule has 1 aromatic carbocycles. The molecule has 1 aromatic heterocycles. The van der Waals surface area contributed by atoms with E-state index in [-0.39, 0.29) is 12.8 Å². The van der Waals surface area contributed by atoms with E-state index in [9.17, 15) is 4.79 Å². The molecule has 0 unspecified atom stereocenters. The Morgan fingerprint density at radius 1 is 1.13 bits per heavy atom. The molecule has 2 aromatic rings. The van der Waals surface area contributed by atoms with Gasteiger partial charge >= 0.3 is 12.0 Å². The Morgan fingerprint density at radius 2 is 1.83 bits per heavy atom. The van der Waals surface area contributed by atoms with Crippen molar-refractivity contribution in [1.82, 2.24) is 9.97 Å². The second kappa shape index (κ2) is 5.99. The van der Waals surface area contributed by atoms with Gasteiger partial charge in [0.05, 0.1) is 24.2 Å². The smallest absolute Gasteiger partial charge is 0.323 e. The summed E-state index contributed by atoms with van der Waals surface area (Å²) >= 11 is 0. The van der Waals surface area contributed by atoms with Crippen LogP contribution in [0.2, 0.25) is 0 Å². The average Bonchev–Trinajstić information content (AvgIpc) is 2.98. The van der Waals surface area contributed by atoms with Crippen LogP contribution in [0.25, 0.3) is 0 Å². The fraction of sp³-hybridized carbons (Fsp3) is 0.267. The molecule has 0 atom stereocenters. The van der Waals surface area contributed by atoms with Crippen molar-refractivity contribution in [1.29, 1.82) is 0 Å². The van der Waals surface area contributed by atoms with Crippen LogP contribution >= 0.6 is 0 Å². The number of hydrogen-bond acceptors (Lipinski definition) is 6. The summed E-state index contributed by atoms with van der Waals surface area (Å²) in [5.41, 5.74) is 2.38. The lowest BCUT2D eigenvalue weighted by Crippen LogP contribution is -2.21. The summed E-state index contributed by atoms with van der Waals surface area (Å²) in [5.74, 6) is 1.26. The zero-order valence-corrected chi connectivity index (χ0v) is 13.0. The second-order valence-electron chi connectivity index (χ2n) is 4.90. The third kappa shape index (κ3) is 3.10. The topological polar surface area (TPSA) is 94.6 Å². The van der Waals surface area contributed by atoms with Gasteiger partial charge in [0.2, 0.25) is 6.79 Å². The maximum atomic E-state index is 12.2. The first kappa shape index (κ1) is 14.9. The predicted molar refractivity (Wildman–Crippen MR) is 83.3 cm³/mol. The number of urea groups is 1. The molecule has 8 nitrogen and oxygen atoms in total. The summed E-state index contributed by atoms with van der Waals surface area (Å²) in [5, 5.41) is 5.47. The molecule has 0 saturated heterocycles. The van der Waals surface area contributed by atoms with Gasteiger partial charge in [0.1, 0.15) is 0 Å². The lowest BCUT2D eigenvalue weighted by Gasteiger charge is -2.12. The average molecular weight is 316 g/mol. The van der Waals surface area contributed by atoms with Gasteiger partial charge in [0.25, 0.3) is 0 Å². The van der Waals surface area contributed by atoms with Crippen molar-refractivity contribution in [2.24, 2.45) is 0 Å². The first-order chi connectivity index (χ1) is 11.1. The number of aromatic nitrogens is 2. The van der Waals surface area contributed by atoms with Crippen molar-refractivity contribution >= 4 is 17.4 Å². The molecule has 0 spiro atoms. The quantitative estimate of drug-likeness (QED) is 0.903. The molecule has 1 aliphatic heterocycles. The van der Waals surface area contributed by atoms with Crippen LogP contribution in [0.3, 0.4) is 0 Å². The van der Waals surface area contributed by atoms with Gasteiger partial charge in [-0.3, -0.25) is 0 Å². The summed E-state index contributed by atoms with van der Waals surface area (Å²) in [4.78, 5) is 20.5. The van der Waals surface area contributed by atoms with Crippen LogP contribution in [-0.2, 0) is 0 Å². The fourth-order valence-corrected chi connectivity index (χ4v) is 2.21. The third-order valence-corrected chi connectivity index (χ3v) is 3.30. The van der Waals surface area contributed by atoms with Crippen molar-refractivity contribution < 1.29 is 19.0 Å². The van der Waals surface area contributed by atoms with Crippen LogP contribution in [0.1, 0.15) is 11.4 Å². The molecular weight excluding hydrogens is 300 g/mol. The molecule has 2 amide bonds. The highest BCUT2D eigenvalue weighted by atomic mass is 16.7. The molecule has 3 rings (SSSR count). The number of carbonyl (C=O) groups excluding carboxylic acids is 1. The summed E-state index contributed by atoms with van der Waals surface area (Å²) in [6, 6.07) is 5.04. The Morgan fingerprint density at radius 3 is 2.52 bits per heavy atom. The highest BCUT2D eigenvalue weighted by molar-refractivity contribution is 6.00. The maximum absolute atomic E-state index is 12.2. The van der Waals surface area contributed by atoms with E-state index in [1.54, 1.807) is 32.0 Å². The first-order valence-corrected chi connectivity index (χ1v) is 6.93. The molecule has 0 bridgehead atoms. The Kier molecular flexibility index (Phi) is 3.88.